The number of para-hydroxylation sites is 7. The largest absolute Gasteiger partial charge is 0.462 e. The molecule has 23 nitrogen and oxygen atoms in total. The number of carbonyl (C=O) groups is 2. The zero-order valence-corrected chi connectivity index (χ0v) is 67.5. The molecule has 0 spiro atoms. The van der Waals surface area contributed by atoms with Crippen LogP contribution in [0, 0.1) is 26.0 Å². The quantitative estimate of drug-likeness (QED) is 0.0196. The van der Waals surface area contributed by atoms with E-state index in [2.05, 4.69) is 69.6 Å². The van der Waals surface area contributed by atoms with Crippen LogP contribution in [0.3, 0.4) is 0 Å². The molecule has 0 atom stereocenters. The number of nitro benzene ring substituents is 2. The fourth-order valence-corrected chi connectivity index (χ4v) is 11.6. The standard InChI is InChI=1S/C13H11Cl2N3O2.C13H13Cl2N3.C13H12ClN3.C8H7Cl2NO2.C7H8Cl2N2.C6H5Cl2NO.C6H3Cl2NO.C6H4FNO2/c1-17(8-9-7-16-13(15)6-10(9)14)11-4-2-3-5-12(11)18(19)20;1-18(12-5-3-2-4-11(12)16)8-9-7-17-13(15)6-10(9)14;1-17-8-9-7-15-13(14)6-11(9)16-10-4-2-3-5-12(10)17;1-2-13-8(12)5-4-11-7(10)3-6(5)9;1-10-3-5-4-11-7(9)2-6(5)8;2*7-5-1-6(8)9-2-4(5)3-10;7-5-3-1-2-4-6(5)8(9)10/h2-7H,8H2,1H3;2-7H,8,16H2,1H3;2-7,16H,8H2,1H3;3-4H,2H2,1H3;2,4,10H,3H2,1H3;1-2,10H,3H2;1-3H;1-4H. The van der Waals surface area contributed by atoms with Crippen molar-refractivity contribution >= 4 is 209 Å². The number of nitrogens with two attached hydrogens (primary N) is 1. The third-order valence-corrected chi connectivity index (χ3v) is 17.6. The van der Waals surface area contributed by atoms with Crippen molar-refractivity contribution in [2.75, 3.05) is 60.5 Å². The second-order valence-electron chi connectivity index (χ2n) is 21.8. The summed E-state index contributed by atoms with van der Waals surface area (Å²) in [5.41, 5.74) is 15.9. The van der Waals surface area contributed by atoms with Crippen LogP contribution >= 0.6 is 151 Å². The molecular weight excluding hydrogens is 1680 g/mol. The Morgan fingerprint density at radius 2 is 0.991 bits per heavy atom. The number of aldehydes is 1. The number of nitrogens with one attached hydrogen (secondary N) is 2. The topological polar surface area (TPSA) is 300 Å². The molecular formula is C72H63Cl13FN15O8. The van der Waals surface area contributed by atoms with Gasteiger partial charge in [0.25, 0.3) is 5.69 Å². The van der Waals surface area contributed by atoms with Gasteiger partial charge in [0, 0.05) is 141 Å². The molecule has 1 aliphatic heterocycles. The number of fused-ring (bicyclic) bond motifs is 2. The molecule has 37 heteroatoms. The molecule has 4 aromatic carbocycles. The normalized spacial score (nSPS) is 10.5. The van der Waals surface area contributed by atoms with Gasteiger partial charge in [-0.05, 0) is 92.8 Å². The lowest BCUT2D eigenvalue weighted by molar-refractivity contribution is -0.387. The first-order valence-corrected chi connectivity index (χ1v) is 36.1. The average Bonchev–Trinajstić information content (AvgIpc) is 1.70. The first kappa shape index (κ1) is 91.1. The molecule has 0 fully saturated rings. The van der Waals surface area contributed by atoms with Crippen LogP contribution in [0.5, 0.6) is 0 Å². The highest BCUT2D eigenvalue weighted by atomic mass is 35.5. The van der Waals surface area contributed by atoms with E-state index in [9.17, 15) is 34.2 Å². The minimum atomic E-state index is -0.799. The molecule has 0 saturated heterocycles. The van der Waals surface area contributed by atoms with Crippen molar-refractivity contribution in [3.8, 4) is 0 Å². The molecule has 0 amide bonds. The summed E-state index contributed by atoms with van der Waals surface area (Å²) >= 11 is 74.5. The smallest absolute Gasteiger partial charge is 0.341 e. The number of carbonyl (C=O) groups excluding carboxylic acids is 2. The van der Waals surface area contributed by atoms with E-state index in [-0.39, 0.29) is 33.2 Å². The van der Waals surface area contributed by atoms with Crippen molar-refractivity contribution in [1.29, 1.82) is 0 Å². The Morgan fingerprint density at radius 3 is 1.46 bits per heavy atom. The van der Waals surface area contributed by atoms with Crippen LogP contribution in [0.4, 0.5) is 49.9 Å². The number of aromatic nitrogens is 7. The maximum atomic E-state index is 12.4. The first-order chi connectivity index (χ1) is 51.9. The van der Waals surface area contributed by atoms with E-state index >= 15 is 0 Å². The predicted octanol–water partition coefficient (Wildman–Crippen LogP) is 21.5. The number of nitrogens with zero attached hydrogens (tertiary/aromatic N) is 12. The lowest BCUT2D eigenvalue weighted by Crippen LogP contribution is -2.18. The molecule has 109 heavy (non-hydrogen) atoms. The number of esters is 1. The van der Waals surface area contributed by atoms with Gasteiger partial charge in [0.05, 0.1) is 82.1 Å². The number of benzene rings is 4. The summed E-state index contributed by atoms with van der Waals surface area (Å²) in [5, 5.41) is 41.3. The summed E-state index contributed by atoms with van der Waals surface area (Å²) in [6.45, 7) is 4.47. The Kier molecular flexibility index (Phi) is 39.2. The van der Waals surface area contributed by atoms with E-state index in [1.807, 2.05) is 67.7 Å². The summed E-state index contributed by atoms with van der Waals surface area (Å²) in [6.07, 6.45) is 11.4. The fourth-order valence-electron chi connectivity index (χ4n) is 8.84. The molecule has 12 rings (SSSR count). The second kappa shape index (κ2) is 46.9. The third kappa shape index (κ3) is 30.4. The number of hydrogen-bond donors (Lipinski definition) is 4. The van der Waals surface area contributed by atoms with Gasteiger partial charge in [-0.15, -0.1) is 0 Å². The zero-order chi connectivity index (χ0) is 80.4. The van der Waals surface area contributed by atoms with Gasteiger partial charge >= 0.3 is 11.7 Å². The van der Waals surface area contributed by atoms with Gasteiger partial charge in [0.1, 0.15) is 41.8 Å². The number of hydrogen-bond acceptors (Lipinski definition) is 21. The number of aliphatic hydroxyl groups excluding tert-OH is 1. The summed E-state index contributed by atoms with van der Waals surface area (Å²) in [6, 6.07) is 38.5. The molecule has 0 radical (unpaired) electrons. The van der Waals surface area contributed by atoms with Gasteiger partial charge in [-0.3, -0.25) is 25.0 Å². The van der Waals surface area contributed by atoms with Gasteiger partial charge in [-0.2, -0.15) is 4.39 Å². The summed E-state index contributed by atoms with van der Waals surface area (Å²) in [5.74, 6) is -1.29. The van der Waals surface area contributed by atoms with Crippen LogP contribution in [0.2, 0.25) is 66.2 Å². The molecule has 7 aromatic heterocycles. The zero-order valence-electron chi connectivity index (χ0n) is 57.7. The molecule has 0 saturated carbocycles. The van der Waals surface area contributed by atoms with Gasteiger partial charge in [0.15, 0.2) is 6.29 Å². The van der Waals surface area contributed by atoms with Crippen molar-refractivity contribution in [3.63, 3.8) is 0 Å². The maximum absolute atomic E-state index is 12.4. The van der Waals surface area contributed by atoms with E-state index in [4.69, 9.17) is 166 Å². The number of aliphatic hydroxyl groups is 1. The molecule has 0 bridgehead atoms. The Balaban J connectivity index is 0.000000226. The fraction of sp³-hybridized carbons (Fsp3) is 0.153. The Morgan fingerprint density at radius 1 is 0.569 bits per heavy atom. The summed E-state index contributed by atoms with van der Waals surface area (Å²) < 4.78 is 17.1. The lowest BCUT2D eigenvalue weighted by Gasteiger charge is -2.21. The Labute approximate surface area is 691 Å². The van der Waals surface area contributed by atoms with Gasteiger partial charge in [-0.1, -0.05) is 199 Å². The van der Waals surface area contributed by atoms with Crippen molar-refractivity contribution in [3.05, 3.63) is 314 Å². The first-order valence-electron chi connectivity index (χ1n) is 31.2. The number of anilines is 6. The number of nitrogen functional groups attached to an aromatic ring is 1. The number of halogens is 14. The summed E-state index contributed by atoms with van der Waals surface area (Å²) in [4.78, 5) is 74.3. The lowest BCUT2D eigenvalue weighted by atomic mass is 10.2. The van der Waals surface area contributed by atoms with Crippen LogP contribution in [0.15, 0.2) is 183 Å². The van der Waals surface area contributed by atoms with E-state index in [1.54, 1.807) is 73.9 Å². The van der Waals surface area contributed by atoms with Crippen LogP contribution in [0.25, 0.3) is 0 Å². The van der Waals surface area contributed by atoms with Gasteiger partial charge in [0.2, 0.25) is 5.82 Å². The minimum absolute atomic E-state index is 0.0491. The van der Waals surface area contributed by atoms with Gasteiger partial charge in [-0.25, -0.2) is 39.7 Å². The van der Waals surface area contributed by atoms with Crippen LogP contribution < -0.4 is 31.1 Å². The number of rotatable bonds is 14. The van der Waals surface area contributed by atoms with Crippen LogP contribution in [0.1, 0.15) is 55.5 Å². The predicted molar refractivity (Wildman–Crippen MR) is 438 cm³/mol. The molecule has 0 aliphatic carbocycles. The van der Waals surface area contributed by atoms with Crippen molar-refractivity contribution < 1.29 is 33.7 Å². The maximum Gasteiger partial charge on any atom is 0.341 e. The third-order valence-electron chi connectivity index (χ3n) is 14.1. The number of ether oxygens (including phenoxy) is 1. The number of pyridine rings is 7. The molecule has 11 aromatic rings. The molecule has 572 valence electrons. The van der Waals surface area contributed by atoms with E-state index < -0.39 is 27.3 Å². The Bertz CT molecular complexity index is 4880. The van der Waals surface area contributed by atoms with E-state index in [1.165, 1.54) is 60.7 Å². The number of nitro groups is 2. The Hall–Kier alpha value is -8.51. The van der Waals surface area contributed by atoms with Crippen LogP contribution in [-0.2, 0) is 37.5 Å². The highest BCUT2D eigenvalue weighted by Gasteiger charge is 2.20. The van der Waals surface area contributed by atoms with Crippen molar-refractivity contribution in [2.45, 2.75) is 39.7 Å². The SMILES string of the molecule is CCOC(=O)c1cnc(Cl)cc1Cl.CN(Cc1cnc(Cl)cc1Cl)c1ccccc1N.CN(Cc1cnc(Cl)cc1Cl)c1ccccc1[N+](=O)[O-].CN1Cc2cnc(Cl)cc2Nc2ccccc21.CNCc1cnc(Cl)cc1Cl.O=Cc1cnc(Cl)cc1Cl.O=[N+]([O-])c1ccccc1F.OCc1cnc(Cl)cc1Cl. The molecule has 5 N–H and O–H groups in total. The second-order valence-corrected chi connectivity index (χ2v) is 27.0. The van der Waals surface area contributed by atoms with E-state index in [0.717, 1.165) is 63.7 Å². The monoisotopic (exact) mass is 1740 g/mol. The van der Waals surface area contributed by atoms with E-state index in [0.29, 0.717) is 100 Å². The molecule has 1 aliphatic rings. The minimum Gasteiger partial charge on any atom is -0.462 e. The highest BCUT2D eigenvalue weighted by molar-refractivity contribution is 6.38. The highest BCUT2D eigenvalue weighted by Crippen LogP contribution is 2.36. The molecule has 0 unspecified atom stereocenters. The van der Waals surface area contributed by atoms with Crippen molar-refractivity contribution in [1.82, 2.24) is 40.2 Å². The average molecular weight is 1750 g/mol. The van der Waals surface area contributed by atoms with Crippen molar-refractivity contribution in [2.24, 2.45) is 0 Å². The van der Waals surface area contributed by atoms with Crippen LogP contribution in [-0.4, -0.2) is 96.9 Å². The van der Waals surface area contributed by atoms with Gasteiger partial charge < -0.3 is 40.9 Å². The molecule has 8 heterocycles. The summed E-state index contributed by atoms with van der Waals surface area (Å²) in [7, 11) is 7.64.